The first-order valence-corrected chi connectivity index (χ1v) is 7.42. The zero-order chi connectivity index (χ0) is 13.9. The highest BCUT2D eigenvalue weighted by molar-refractivity contribution is 9.10. The number of benzene rings is 1. The molecule has 0 fully saturated rings. The van der Waals surface area contributed by atoms with Gasteiger partial charge in [-0.15, -0.1) is 0 Å². The van der Waals surface area contributed by atoms with Crippen molar-refractivity contribution in [2.45, 2.75) is 38.8 Å². The van der Waals surface area contributed by atoms with Crippen molar-refractivity contribution >= 4 is 15.9 Å². The van der Waals surface area contributed by atoms with E-state index in [2.05, 4.69) is 51.5 Å². The largest absolute Gasteiger partial charge is 0.329 e. The topological polar surface area (TPSA) is 43.8 Å². The van der Waals surface area contributed by atoms with Crippen LogP contribution in [0.3, 0.4) is 0 Å². The monoisotopic (exact) mass is 321 g/mol. The van der Waals surface area contributed by atoms with E-state index in [4.69, 9.17) is 5.73 Å². The third-order valence-electron chi connectivity index (χ3n) is 3.73. The van der Waals surface area contributed by atoms with Crippen molar-refractivity contribution in [1.29, 1.82) is 0 Å². The lowest BCUT2D eigenvalue weighted by molar-refractivity contribution is 0.340. The first-order valence-electron chi connectivity index (χ1n) is 6.63. The van der Waals surface area contributed by atoms with Gasteiger partial charge < -0.3 is 10.3 Å². The van der Waals surface area contributed by atoms with Crippen LogP contribution in [0.1, 0.15) is 26.7 Å². The third-order valence-corrected chi connectivity index (χ3v) is 4.22. The van der Waals surface area contributed by atoms with E-state index < -0.39 is 0 Å². The van der Waals surface area contributed by atoms with Crippen molar-refractivity contribution in [3.05, 3.63) is 41.3 Å². The lowest BCUT2D eigenvalue weighted by Gasteiger charge is -2.28. The Labute approximate surface area is 123 Å². The molecule has 0 saturated carbocycles. The number of nitrogens with zero attached hydrogens (tertiary/aromatic N) is 2. The highest BCUT2D eigenvalue weighted by Gasteiger charge is 2.22. The summed E-state index contributed by atoms with van der Waals surface area (Å²) in [5, 5.41) is 0. The summed E-state index contributed by atoms with van der Waals surface area (Å²) in [7, 11) is 0. The first-order chi connectivity index (χ1) is 9.08. The first kappa shape index (κ1) is 14.3. The fourth-order valence-electron chi connectivity index (χ4n) is 2.15. The van der Waals surface area contributed by atoms with Crippen LogP contribution in [0.25, 0.3) is 11.3 Å². The average Bonchev–Trinajstić information content (AvgIpc) is 2.86. The zero-order valence-corrected chi connectivity index (χ0v) is 13.0. The standard InChI is InChI=1S/C15H20BrN3/c1-3-15(17,4-2)10-19-11-18-9-14(19)12-6-5-7-13(16)8-12/h5-9,11H,3-4,10,17H2,1-2H3. The van der Waals surface area contributed by atoms with Gasteiger partial charge in [0.15, 0.2) is 0 Å². The molecule has 0 bridgehead atoms. The van der Waals surface area contributed by atoms with Crippen molar-refractivity contribution in [2.75, 3.05) is 0 Å². The summed E-state index contributed by atoms with van der Waals surface area (Å²) >= 11 is 3.51. The molecule has 2 N–H and O–H groups in total. The molecule has 0 aliphatic carbocycles. The summed E-state index contributed by atoms with van der Waals surface area (Å²) < 4.78 is 3.22. The zero-order valence-electron chi connectivity index (χ0n) is 11.4. The normalized spacial score (nSPS) is 11.8. The Kier molecular flexibility index (Phi) is 4.42. The van der Waals surface area contributed by atoms with Crippen molar-refractivity contribution in [3.63, 3.8) is 0 Å². The van der Waals surface area contributed by atoms with Crippen LogP contribution in [0.5, 0.6) is 0 Å². The van der Waals surface area contributed by atoms with Gasteiger partial charge in [0.1, 0.15) is 0 Å². The van der Waals surface area contributed by atoms with Crippen LogP contribution in [-0.4, -0.2) is 15.1 Å². The molecule has 0 amide bonds. The van der Waals surface area contributed by atoms with E-state index in [-0.39, 0.29) is 5.54 Å². The van der Waals surface area contributed by atoms with Crippen molar-refractivity contribution in [2.24, 2.45) is 5.73 Å². The van der Waals surface area contributed by atoms with Crippen LogP contribution in [0.15, 0.2) is 41.3 Å². The molecule has 3 nitrogen and oxygen atoms in total. The van der Waals surface area contributed by atoms with E-state index in [9.17, 15) is 0 Å². The number of hydrogen-bond acceptors (Lipinski definition) is 2. The molecular formula is C15H20BrN3. The molecule has 1 heterocycles. The van der Waals surface area contributed by atoms with Crippen LogP contribution in [0.2, 0.25) is 0 Å². The van der Waals surface area contributed by atoms with Gasteiger partial charge in [0.2, 0.25) is 0 Å². The van der Waals surface area contributed by atoms with Crippen LogP contribution in [-0.2, 0) is 6.54 Å². The fraction of sp³-hybridized carbons (Fsp3) is 0.400. The number of imidazole rings is 1. The van der Waals surface area contributed by atoms with Crippen LogP contribution >= 0.6 is 15.9 Å². The second-order valence-electron chi connectivity index (χ2n) is 4.99. The van der Waals surface area contributed by atoms with E-state index in [1.807, 2.05) is 24.7 Å². The van der Waals surface area contributed by atoms with Gasteiger partial charge in [-0.05, 0) is 25.0 Å². The molecule has 102 valence electrons. The summed E-state index contributed by atoms with van der Waals surface area (Å²) in [6, 6.07) is 8.25. The van der Waals surface area contributed by atoms with E-state index in [1.54, 1.807) is 0 Å². The SMILES string of the molecule is CCC(N)(CC)Cn1cncc1-c1cccc(Br)c1. The second-order valence-corrected chi connectivity index (χ2v) is 5.90. The predicted molar refractivity (Wildman–Crippen MR) is 82.9 cm³/mol. The minimum Gasteiger partial charge on any atom is -0.329 e. The van der Waals surface area contributed by atoms with Gasteiger partial charge in [-0.3, -0.25) is 0 Å². The molecular weight excluding hydrogens is 302 g/mol. The van der Waals surface area contributed by atoms with Gasteiger partial charge >= 0.3 is 0 Å². The molecule has 0 radical (unpaired) electrons. The molecule has 1 aromatic carbocycles. The van der Waals surface area contributed by atoms with E-state index >= 15 is 0 Å². The minimum atomic E-state index is -0.165. The van der Waals surface area contributed by atoms with Crippen molar-refractivity contribution < 1.29 is 0 Å². The maximum absolute atomic E-state index is 6.41. The summed E-state index contributed by atoms with van der Waals surface area (Å²) in [6.45, 7) is 5.07. The molecule has 0 spiro atoms. The van der Waals surface area contributed by atoms with E-state index in [0.29, 0.717) is 0 Å². The summed E-state index contributed by atoms with van der Waals surface area (Å²) in [6.07, 6.45) is 5.68. The molecule has 2 aromatic rings. The number of hydrogen-bond donors (Lipinski definition) is 1. The Balaban J connectivity index is 2.33. The lowest BCUT2D eigenvalue weighted by Crippen LogP contribution is -2.42. The molecule has 1 aromatic heterocycles. The van der Waals surface area contributed by atoms with Gasteiger partial charge in [-0.1, -0.05) is 41.9 Å². The predicted octanol–water partition coefficient (Wildman–Crippen LogP) is 3.83. The Morgan fingerprint density at radius 1 is 1.32 bits per heavy atom. The van der Waals surface area contributed by atoms with Gasteiger partial charge in [0.05, 0.1) is 18.2 Å². The maximum atomic E-state index is 6.41. The van der Waals surface area contributed by atoms with E-state index in [1.165, 1.54) is 0 Å². The van der Waals surface area contributed by atoms with E-state index in [0.717, 1.165) is 35.1 Å². The summed E-state index contributed by atoms with van der Waals surface area (Å²) in [4.78, 5) is 4.27. The molecule has 0 aliphatic rings. The van der Waals surface area contributed by atoms with Crippen LogP contribution in [0.4, 0.5) is 0 Å². The summed E-state index contributed by atoms with van der Waals surface area (Å²) in [5.41, 5.74) is 8.50. The number of rotatable bonds is 5. The molecule has 19 heavy (non-hydrogen) atoms. The van der Waals surface area contributed by atoms with Gasteiger partial charge in [-0.25, -0.2) is 4.98 Å². The quantitative estimate of drug-likeness (QED) is 0.909. The molecule has 0 aliphatic heterocycles. The minimum absolute atomic E-state index is 0.165. The van der Waals surface area contributed by atoms with Gasteiger partial charge in [0, 0.05) is 22.1 Å². The van der Waals surface area contributed by atoms with Gasteiger partial charge in [-0.2, -0.15) is 0 Å². The highest BCUT2D eigenvalue weighted by atomic mass is 79.9. The molecule has 0 saturated heterocycles. The van der Waals surface area contributed by atoms with Crippen LogP contribution in [0, 0.1) is 0 Å². The number of nitrogens with two attached hydrogens (primary N) is 1. The van der Waals surface area contributed by atoms with Crippen LogP contribution < -0.4 is 5.73 Å². The Morgan fingerprint density at radius 2 is 2.05 bits per heavy atom. The third kappa shape index (κ3) is 3.25. The maximum Gasteiger partial charge on any atom is 0.0951 e. The Bertz CT molecular complexity index is 544. The molecule has 4 heteroatoms. The second kappa shape index (κ2) is 5.88. The summed E-state index contributed by atoms with van der Waals surface area (Å²) in [5.74, 6) is 0. The molecule has 0 atom stereocenters. The number of halogens is 1. The average molecular weight is 322 g/mol. The van der Waals surface area contributed by atoms with Gasteiger partial charge in [0.25, 0.3) is 0 Å². The van der Waals surface area contributed by atoms with Crippen molar-refractivity contribution in [1.82, 2.24) is 9.55 Å². The lowest BCUT2D eigenvalue weighted by atomic mass is 9.94. The smallest absolute Gasteiger partial charge is 0.0951 e. The fourth-order valence-corrected chi connectivity index (χ4v) is 2.55. The molecule has 0 unspecified atom stereocenters. The number of aromatic nitrogens is 2. The Hall–Kier alpha value is -1.13. The molecule has 2 rings (SSSR count). The van der Waals surface area contributed by atoms with Crippen molar-refractivity contribution in [3.8, 4) is 11.3 Å². The Morgan fingerprint density at radius 3 is 2.68 bits per heavy atom. The highest BCUT2D eigenvalue weighted by Crippen LogP contribution is 2.25.